The van der Waals surface area contributed by atoms with Gasteiger partial charge in [0, 0.05) is 32.6 Å². The topological polar surface area (TPSA) is 16.4 Å². The average Bonchev–Trinajstić information content (AvgIpc) is 3.41. The summed E-state index contributed by atoms with van der Waals surface area (Å²) in [6, 6.07) is 53.7. The van der Waals surface area contributed by atoms with E-state index in [1.807, 2.05) is 0 Å². The lowest BCUT2D eigenvalue weighted by atomic mass is 9.97. The highest BCUT2D eigenvalue weighted by Crippen LogP contribution is 2.47. The molecule has 0 aliphatic heterocycles. The van der Waals surface area contributed by atoms with E-state index in [1.54, 1.807) is 0 Å². The van der Waals surface area contributed by atoms with Gasteiger partial charge in [0.05, 0.1) is 11.4 Å². The molecule has 8 aromatic rings. The number of anilines is 3. The first-order valence-corrected chi connectivity index (χ1v) is 13.6. The molecule has 188 valence electrons. The van der Waals surface area contributed by atoms with Crippen molar-refractivity contribution in [3.8, 4) is 11.1 Å². The van der Waals surface area contributed by atoms with Crippen molar-refractivity contribution >= 4 is 60.5 Å². The third-order valence-corrected chi connectivity index (χ3v) is 7.83. The van der Waals surface area contributed by atoms with Gasteiger partial charge in [-0.2, -0.15) is 0 Å². The van der Waals surface area contributed by atoms with Crippen LogP contribution in [0.2, 0.25) is 0 Å². The van der Waals surface area contributed by atoms with Gasteiger partial charge >= 0.3 is 0 Å². The smallest absolute Gasteiger partial charge is 0.143 e. The lowest BCUT2D eigenvalue weighted by Gasteiger charge is -2.28. The van der Waals surface area contributed by atoms with E-state index in [1.165, 1.54) is 21.9 Å². The molecular weight excluding hydrogens is 486 g/mol. The first-order valence-electron chi connectivity index (χ1n) is 13.6. The van der Waals surface area contributed by atoms with E-state index in [2.05, 4.69) is 157 Å². The van der Waals surface area contributed by atoms with Crippen LogP contribution in [0.4, 0.5) is 17.1 Å². The predicted octanol–water partition coefficient (Wildman–Crippen LogP) is 11.0. The van der Waals surface area contributed by atoms with E-state index in [-0.39, 0.29) is 0 Å². The molecule has 0 radical (unpaired) electrons. The molecule has 1 heterocycles. The normalized spacial score (nSPS) is 11.5. The number of rotatable bonds is 4. The van der Waals surface area contributed by atoms with Gasteiger partial charge in [-0.25, -0.2) is 0 Å². The van der Waals surface area contributed by atoms with Gasteiger partial charge in [-0.1, -0.05) is 121 Å². The standard InChI is InChI=1S/C38H25NO/c1-3-13-27(14-4-1)30-22-12-24-36-37(30)33-25-35(31-20-9-10-21-32(31)38(33)40-36)39(28-17-5-2-6-18-28)34-23-11-16-26-15-7-8-19-29(26)34/h1-25H. The molecule has 0 fully saturated rings. The zero-order valence-corrected chi connectivity index (χ0v) is 21.8. The summed E-state index contributed by atoms with van der Waals surface area (Å²) in [6.45, 7) is 0. The third-order valence-electron chi connectivity index (χ3n) is 7.83. The Morgan fingerprint density at radius 1 is 0.450 bits per heavy atom. The molecule has 0 N–H and O–H groups in total. The number of para-hydroxylation sites is 1. The number of fused-ring (bicyclic) bond motifs is 6. The van der Waals surface area contributed by atoms with Crippen molar-refractivity contribution in [2.75, 3.05) is 4.90 Å². The van der Waals surface area contributed by atoms with Gasteiger partial charge in [0.2, 0.25) is 0 Å². The number of hydrogen-bond acceptors (Lipinski definition) is 2. The van der Waals surface area contributed by atoms with E-state index in [0.717, 1.165) is 49.8 Å². The molecule has 2 heteroatoms. The van der Waals surface area contributed by atoms with Gasteiger partial charge in [-0.3, -0.25) is 0 Å². The van der Waals surface area contributed by atoms with Crippen molar-refractivity contribution < 1.29 is 4.42 Å². The molecule has 40 heavy (non-hydrogen) atoms. The van der Waals surface area contributed by atoms with Crippen LogP contribution in [-0.4, -0.2) is 0 Å². The minimum absolute atomic E-state index is 0.898. The van der Waals surface area contributed by atoms with Crippen molar-refractivity contribution in [3.63, 3.8) is 0 Å². The number of benzene rings is 7. The average molecular weight is 512 g/mol. The van der Waals surface area contributed by atoms with Crippen LogP contribution in [-0.2, 0) is 0 Å². The number of hydrogen-bond donors (Lipinski definition) is 0. The second-order valence-corrected chi connectivity index (χ2v) is 10.1. The summed E-state index contributed by atoms with van der Waals surface area (Å²) in [5, 5.41) is 6.93. The van der Waals surface area contributed by atoms with Crippen molar-refractivity contribution in [3.05, 3.63) is 152 Å². The zero-order valence-electron chi connectivity index (χ0n) is 21.8. The van der Waals surface area contributed by atoms with Crippen LogP contribution in [0.3, 0.4) is 0 Å². The second-order valence-electron chi connectivity index (χ2n) is 10.1. The van der Waals surface area contributed by atoms with Crippen LogP contribution in [0.5, 0.6) is 0 Å². The highest BCUT2D eigenvalue weighted by molar-refractivity contribution is 6.23. The summed E-state index contributed by atoms with van der Waals surface area (Å²) in [4.78, 5) is 2.40. The van der Waals surface area contributed by atoms with Crippen LogP contribution in [0.1, 0.15) is 0 Å². The van der Waals surface area contributed by atoms with Gasteiger partial charge in [0.25, 0.3) is 0 Å². The highest BCUT2D eigenvalue weighted by atomic mass is 16.3. The van der Waals surface area contributed by atoms with Gasteiger partial charge in [-0.05, 0) is 46.8 Å². The zero-order chi connectivity index (χ0) is 26.5. The molecular formula is C38H25NO. The number of nitrogens with zero attached hydrogens (tertiary/aromatic N) is 1. The van der Waals surface area contributed by atoms with E-state index in [0.29, 0.717) is 0 Å². The van der Waals surface area contributed by atoms with E-state index in [4.69, 9.17) is 4.42 Å². The van der Waals surface area contributed by atoms with Crippen LogP contribution >= 0.6 is 0 Å². The Bertz CT molecular complexity index is 2150. The second kappa shape index (κ2) is 9.14. The largest absolute Gasteiger partial charge is 0.455 e. The Labute approximate surface area is 232 Å². The summed E-state index contributed by atoms with van der Waals surface area (Å²) >= 11 is 0. The van der Waals surface area contributed by atoms with Gasteiger partial charge in [-0.15, -0.1) is 0 Å². The van der Waals surface area contributed by atoms with Crippen LogP contribution in [0.25, 0.3) is 54.6 Å². The van der Waals surface area contributed by atoms with Gasteiger partial charge < -0.3 is 9.32 Å². The van der Waals surface area contributed by atoms with Crippen LogP contribution < -0.4 is 4.90 Å². The summed E-state index contributed by atoms with van der Waals surface area (Å²) < 4.78 is 6.63. The van der Waals surface area contributed by atoms with Crippen molar-refractivity contribution in [1.82, 2.24) is 0 Å². The molecule has 0 atom stereocenters. The predicted molar refractivity (Wildman–Crippen MR) is 169 cm³/mol. The third kappa shape index (κ3) is 3.50. The minimum Gasteiger partial charge on any atom is -0.455 e. The van der Waals surface area contributed by atoms with Crippen LogP contribution in [0, 0.1) is 0 Å². The summed E-state index contributed by atoms with van der Waals surface area (Å²) in [5.74, 6) is 0. The molecule has 1 aromatic heterocycles. The van der Waals surface area contributed by atoms with Crippen LogP contribution in [0.15, 0.2) is 156 Å². The Morgan fingerprint density at radius 3 is 1.93 bits per heavy atom. The molecule has 8 rings (SSSR count). The Balaban J connectivity index is 1.52. The van der Waals surface area contributed by atoms with Crippen molar-refractivity contribution in [1.29, 1.82) is 0 Å². The monoisotopic (exact) mass is 511 g/mol. The number of furan rings is 1. The van der Waals surface area contributed by atoms with E-state index in [9.17, 15) is 0 Å². The Kier molecular flexibility index (Phi) is 5.17. The molecule has 0 aliphatic carbocycles. The molecule has 0 saturated carbocycles. The lowest BCUT2D eigenvalue weighted by Crippen LogP contribution is -2.11. The fourth-order valence-corrected chi connectivity index (χ4v) is 6.06. The fourth-order valence-electron chi connectivity index (χ4n) is 6.06. The highest BCUT2D eigenvalue weighted by Gasteiger charge is 2.22. The molecule has 0 spiro atoms. The summed E-state index contributed by atoms with van der Waals surface area (Å²) in [6.07, 6.45) is 0. The lowest BCUT2D eigenvalue weighted by molar-refractivity contribution is 0.673. The maximum absolute atomic E-state index is 6.63. The quantitative estimate of drug-likeness (QED) is 0.234. The molecule has 0 unspecified atom stereocenters. The molecule has 7 aromatic carbocycles. The fraction of sp³-hybridized carbons (Fsp3) is 0. The molecule has 2 nitrogen and oxygen atoms in total. The maximum Gasteiger partial charge on any atom is 0.143 e. The first-order chi connectivity index (χ1) is 19.9. The molecule has 0 bridgehead atoms. The molecule has 0 amide bonds. The maximum atomic E-state index is 6.63. The first kappa shape index (κ1) is 22.6. The van der Waals surface area contributed by atoms with Gasteiger partial charge in [0.15, 0.2) is 0 Å². The minimum atomic E-state index is 0.898. The molecule has 0 aliphatic rings. The van der Waals surface area contributed by atoms with E-state index < -0.39 is 0 Å². The Hall–Kier alpha value is -5.34. The Morgan fingerprint density at radius 2 is 1.10 bits per heavy atom. The summed E-state index contributed by atoms with van der Waals surface area (Å²) in [5.41, 5.74) is 7.55. The molecule has 0 saturated heterocycles. The SMILES string of the molecule is c1ccc(-c2cccc3oc4c5ccccc5c(N(c5ccccc5)c5cccc6ccccc56)cc4c23)cc1. The van der Waals surface area contributed by atoms with E-state index >= 15 is 0 Å². The van der Waals surface area contributed by atoms with Crippen molar-refractivity contribution in [2.45, 2.75) is 0 Å². The van der Waals surface area contributed by atoms with Gasteiger partial charge in [0.1, 0.15) is 11.2 Å². The van der Waals surface area contributed by atoms with Crippen molar-refractivity contribution in [2.24, 2.45) is 0 Å². The summed E-state index contributed by atoms with van der Waals surface area (Å²) in [7, 11) is 0.